The van der Waals surface area contributed by atoms with Gasteiger partial charge >= 0.3 is 6.92 Å². The first kappa shape index (κ1) is 29.0. The predicted molar refractivity (Wildman–Crippen MR) is 215 cm³/mol. The lowest BCUT2D eigenvalue weighted by atomic mass is 9.50. The van der Waals surface area contributed by atoms with Crippen molar-refractivity contribution in [1.29, 1.82) is 0 Å². The number of ether oxygens (including phenoxy) is 1. The van der Waals surface area contributed by atoms with E-state index >= 15 is 0 Å². The number of para-hydroxylation sites is 3. The predicted octanol–water partition coefficient (Wildman–Crippen LogP) is 11.1. The van der Waals surface area contributed by atoms with E-state index in [2.05, 4.69) is 180 Å². The molecule has 242 valence electrons. The summed E-state index contributed by atoms with van der Waals surface area (Å²) in [5, 5.41) is 2.51. The van der Waals surface area contributed by atoms with Gasteiger partial charge in [0.2, 0.25) is 0 Å². The minimum Gasteiger partial charge on any atom is -0.551 e. The van der Waals surface area contributed by atoms with Gasteiger partial charge in [-0.1, -0.05) is 127 Å². The number of rotatable bonds is 4. The molecule has 0 saturated carbocycles. The summed E-state index contributed by atoms with van der Waals surface area (Å²) in [6, 6.07) is 64.8. The van der Waals surface area contributed by atoms with Gasteiger partial charge in [-0.05, 0) is 93.5 Å². The lowest BCUT2D eigenvalue weighted by Gasteiger charge is -2.33. The number of fused-ring (bicyclic) bond motifs is 7. The van der Waals surface area contributed by atoms with E-state index in [0.29, 0.717) is 0 Å². The van der Waals surface area contributed by atoms with Gasteiger partial charge in [0.25, 0.3) is 0 Å². The zero-order chi connectivity index (χ0) is 34.2. The van der Waals surface area contributed by atoms with Crippen LogP contribution in [0.15, 0.2) is 182 Å². The molecule has 0 bridgehead atoms. The van der Waals surface area contributed by atoms with Crippen molar-refractivity contribution in [2.45, 2.75) is 0 Å². The Kier molecular flexibility index (Phi) is 6.35. The van der Waals surface area contributed by atoms with Crippen LogP contribution in [0.2, 0.25) is 0 Å². The number of nitrogens with zero attached hydrogens (tertiary/aromatic N) is 1. The molecule has 8 aromatic carbocycles. The third-order valence-electron chi connectivity index (χ3n) is 10.7. The molecule has 4 heteroatoms. The van der Waals surface area contributed by atoms with Crippen molar-refractivity contribution in [3.8, 4) is 67.4 Å². The Morgan fingerprint density at radius 3 is 1.81 bits per heavy atom. The molecule has 0 fully saturated rings. The maximum atomic E-state index is 6.91. The van der Waals surface area contributed by atoms with Crippen LogP contribution in [0.4, 0.5) is 0 Å². The molecule has 1 aromatic heterocycles. The van der Waals surface area contributed by atoms with Crippen molar-refractivity contribution in [1.82, 2.24) is 4.57 Å². The van der Waals surface area contributed by atoms with Crippen LogP contribution < -0.4 is 20.3 Å². The first-order valence-electron chi connectivity index (χ1n) is 17.8. The van der Waals surface area contributed by atoms with Gasteiger partial charge in [-0.15, -0.1) is 0 Å². The van der Waals surface area contributed by atoms with Gasteiger partial charge in [-0.3, -0.25) is 0 Å². The van der Waals surface area contributed by atoms with Crippen molar-refractivity contribution in [3.63, 3.8) is 0 Å². The largest absolute Gasteiger partial charge is 0.551 e. The highest BCUT2D eigenvalue weighted by molar-refractivity contribution is 6.84. The summed E-state index contributed by atoms with van der Waals surface area (Å²) in [5.74, 6) is 2.54. The highest BCUT2D eigenvalue weighted by Crippen LogP contribution is 2.42. The van der Waals surface area contributed by atoms with Crippen molar-refractivity contribution in [2.24, 2.45) is 0 Å². The minimum atomic E-state index is -0.272. The zero-order valence-electron chi connectivity index (χ0n) is 28.2. The Balaban J connectivity index is 1.03. The molecular formula is C48H30BNO2. The molecule has 9 aromatic rings. The highest BCUT2D eigenvalue weighted by Gasteiger charge is 2.41. The standard InChI is InChI=1S/C48H30BNO2/c1-2-12-31(13-3-1)32-14-10-15-33(26-32)36-28-41-40-20-6-9-23-45(40)52-49-42-25-24-35(29-46(42)51-47(30-36)48(41)49)34-16-11-17-37(27-34)50-43-21-7-4-18-38(43)39-19-5-8-22-44(39)50/h1-30H. The third kappa shape index (κ3) is 4.48. The summed E-state index contributed by atoms with van der Waals surface area (Å²) < 4.78 is 16.1. The average Bonchev–Trinajstić information content (AvgIpc) is 3.55. The van der Waals surface area contributed by atoms with Crippen molar-refractivity contribution in [3.05, 3.63) is 182 Å². The molecule has 0 saturated heterocycles. The molecule has 3 heterocycles. The minimum absolute atomic E-state index is 0.272. The highest BCUT2D eigenvalue weighted by atomic mass is 16.5. The molecule has 2 aliphatic rings. The Morgan fingerprint density at radius 2 is 1.00 bits per heavy atom. The molecule has 52 heavy (non-hydrogen) atoms. The third-order valence-corrected chi connectivity index (χ3v) is 10.7. The van der Waals surface area contributed by atoms with Crippen LogP contribution in [0.1, 0.15) is 0 Å². The van der Waals surface area contributed by atoms with Crippen LogP contribution in [0.25, 0.3) is 72.0 Å². The number of aromatic nitrogens is 1. The second-order valence-corrected chi connectivity index (χ2v) is 13.7. The molecule has 0 atom stereocenters. The van der Waals surface area contributed by atoms with E-state index < -0.39 is 0 Å². The van der Waals surface area contributed by atoms with Crippen molar-refractivity contribution in [2.75, 3.05) is 0 Å². The maximum Gasteiger partial charge on any atom is 0.434 e. The maximum absolute atomic E-state index is 6.91. The summed E-state index contributed by atoms with van der Waals surface area (Å²) in [6.07, 6.45) is 0. The van der Waals surface area contributed by atoms with E-state index in [1.807, 2.05) is 6.07 Å². The van der Waals surface area contributed by atoms with Crippen LogP contribution in [0, 0.1) is 0 Å². The summed E-state index contributed by atoms with van der Waals surface area (Å²) in [7, 11) is 0. The fourth-order valence-corrected chi connectivity index (χ4v) is 8.24. The fraction of sp³-hybridized carbons (Fsp3) is 0. The van der Waals surface area contributed by atoms with E-state index in [-0.39, 0.29) is 6.92 Å². The topological polar surface area (TPSA) is 23.4 Å². The monoisotopic (exact) mass is 663 g/mol. The lowest BCUT2D eigenvalue weighted by molar-refractivity contribution is 0.480. The van der Waals surface area contributed by atoms with Gasteiger partial charge in [0, 0.05) is 32.9 Å². The lowest BCUT2D eigenvalue weighted by Crippen LogP contribution is -2.53. The van der Waals surface area contributed by atoms with Crippen LogP contribution in [0.5, 0.6) is 17.2 Å². The van der Waals surface area contributed by atoms with Crippen LogP contribution in [-0.2, 0) is 0 Å². The van der Waals surface area contributed by atoms with Gasteiger partial charge in [0.05, 0.1) is 11.0 Å². The van der Waals surface area contributed by atoms with Gasteiger partial charge in [0.1, 0.15) is 17.2 Å². The van der Waals surface area contributed by atoms with Crippen LogP contribution in [0.3, 0.4) is 0 Å². The Hall–Kier alpha value is -6.78. The summed E-state index contributed by atoms with van der Waals surface area (Å²) >= 11 is 0. The normalized spacial score (nSPS) is 12.5. The van der Waals surface area contributed by atoms with E-state index in [1.165, 1.54) is 32.9 Å². The van der Waals surface area contributed by atoms with Crippen LogP contribution >= 0.6 is 0 Å². The zero-order valence-corrected chi connectivity index (χ0v) is 28.2. The Morgan fingerprint density at radius 1 is 0.385 bits per heavy atom. The van der Waals surface area contributed by atoms with E-state index in [1.54, 1.807) is 0 Å². The Labute approximate surface area is 302 Å². The second-order valence-electron chi connectivity index (χ2n) is 13.7. The molecule has 0 aliphatic carbocycles. The molecule has 0 amide bonds. The first-order valence-corrected chi connectivity index (χ1v) is 17.8. The molecule has 0 unspecified atom stereocenters. The Bertz CT molecular complexity index is 2820. The number of hydrogen-bond donors (Lipinski definition) is 0. The quantitative estimate of drug-likeness (QED) is 0.175. The SMILES string of the molecule is c1ccc(-c2cccc(-c3cc4c5c(c3)-c3ccccc3OB5c3ccc(-c5cccc(-n6c7ccccc7c7ccccc76)c5)cc3O4)c2)cc1. The molecule has 0 spiro atoms. The molecule has 2 aliphatic heterocycles. The van der Waals surface area contributed by atoms with Gasteiger partial charge in [-0.2, -0.15) is 0 Å². The van der Waals surface area contributed by atoms with E-state index in [4.69, 9.17) is 9.39 Å². The summed E-state index contributed by atoms with van der Waals surface area (Å²) in [5.41, 5.74) is 14.7. The van der Waals surface area contributed by atoms with Crippen molar-refractivity contribution >= 4 is 39.6 Å². The second kappa shape index (κ2) is 11.4. The van der Waals surface area contributed by atoms with Gasteiger partial charge < -0.3 is 14.0 Å². The van der Waals surface area contributed by atoms with Crippen LogP contribution in [-0.4, -0.2) is 11.5 Å². The fourth-order valence-electron chi connectivity index (χ4n) is 8.24. The average molecular weight is 664 g/mol. The summed E-state index contributed by atoms with van der Waals surface area (Å²) in [4.78, 5) is 0. The molecule has 11 rings (SSSR count). The molecule has 0 radical (unpaired) electrons. The smallest absolute Gasteiger partial charge is 0.434 e. The van der Waals surface area contributed by atoms with E-state index in [9.17, 15) is 0 Å². The number of hydrogen-bond acceptors (Lipinski definition) is 2. The number of benzene rings is 8. The molecule has 0 N–H and O–H groups in total. The molecule has 3 nitrogen and oxygen atoms in total. The summed E-state index contributed by atoms with van der Waals surface area (Å²) in [6.45, 7) is -0.272. The van der Waals surface area contributed by atoms with Gasteiger partial charge in [-0.25, -0.2) is 0 Å². The van der Waals surface area contributed by atoms with E-state index in [0.717, 1.165) is 67.2 Å². The first-order chi connectivity index (χ1) is 25.8. The van der Waals surface area contributed by atoms with Crippen molar-refractivity contribution < 1.29 is 9.39 Å². The molecular weight excluding hydrogens is 633 g/mol. The van der Waals surface area contributed by atoms with Gasteiger partial charge in [0.15, 0.2) is 0 Å².